The maximum absolute atomic E-state index is 14.1. The van der Waals surface area contributed by atoms with Crippen LogP contribution in [0.2, 0.25) is 0 Å². The summed E-state index contributed by atoms with van der Waals surface area (Å²) in [5, 5.41) is 2.59. The van der Waals surface area contributed by atoms with Gasteiger partial charge >= 0.3 is 5.97 Å². The van der Waals surface area contributed by atoms with Crippen molar-refractivity contribution in [2.45, 2.75) is 13.8 Å². The molecule has 0 saturated heterocycles. The summed E-state index contributed by atoms with van der Waals surface area (Å²) in [4.78, 5) is 24.7. The topological polar surface area (TPSA) is 55.4 Å². The number of ether oxygens (including phenoxy) is 1. The normalized spacial score (nSPS) is 11.3. The molecule has 0 bridgehead atoms. The van der Waals surface area contributed by atoms with E-state index in [0.717, 1.165) is 25.3 Å². The Morgan fingerprint density at radius 3 is 2.30 bits per heavy atom. The fourth-order valence-corrected chi connectivity index (χ4v) is 2.26. The predicted octanol–water partition coefficient (Wildman–Crippen LogP) is 4.29. The van der Waals surface area contributed by atoms with Gasteiger partial charge in [-0.25, -0.2) is 22.4 Å². The first-order valence-corrected chi connectivity index (χ1v) is 7.84. The Hall–Kier alpha value is -3.16. The first-order chi connectivity index (χ1) is 12.8. The van der Waals surface area contributed by atoms with Gasteiger partial charge in [0, 0.05) is 23.5 Å². The minimum atomic E-state index is -1.45. The van der Waals surface area contributed by atoms with Gasteiger partial charge in [-0.05, 0) is 38.1 Å². The number of Topliss-reactive ketones (excluding diaryl/α,β-unsaturated/α-hetero) is 1. The second kappa shape index (κ2) is 8.48. The highest BCUT2D eigenvalue weighted by Crippen LogP contribution is 2.23. The molecule has 0 atom stereocenters. The summed E-state index contributed by atoms with van der Waals surface area (Å²) in [7, 11) is 0. The molecule has 0 unspecified atom stereocenters. The fraction of sp³-hybridized carbons (Fsp3) is 0.158. The highest BCUT2D eigenvalue weighted by Gasteiger charge is 2.28. The third kappa shape index (κ3) is 4.52. The molecule has 0 fully saturated rings. The van der Waals surface area contributed by atoms with Crippen LogP contribution >= 0.6 is 0 Å². The molecule has 8 heteroatoms. The predicted molar refractivity (Wildman–Crippen MR) is 90.1 cm³/mol. The lowest BCUT2D eigenvalue weighted by Crippen LogP contribution is -2.20. The average molecular weight is 381 g/mol. The number of carbonyl (C=O) groups excluding carboxylic acids is 2. The van der Waals surface area contributed by atoms with Gasteiger partial charge in [-0.1, -0.05) is 0 Å². The standard InChI is InChI=1S/C19H15F4NO3/c1-3-27-19(26)13(9-24-12-6-4-11(20)5-7-12)18(25)16-10(2)17(23)15(22)8-14(16)21/h4-9,24H,3H2,1-2H3/b13-9-. The van der Waals surface area contributed by atoms with Crippen molar-refractivity contribution < 1.29 is 31.9 Å². The molecule has 0 aliphatic heterocycles. The monoisotopic (exact) mass is 381 g/mol. The molecule has 1 N–H and O–H groups in total. The molecule has 0 radical (unpaired) electrons. The minimum absolute atomic E-state index is 0.0702. The van der Waals surface area contributed by atoms with E-state index in [1.54, 1.807) is 0 Å². The van der Waals surface area contributed by atoms with E-state index in [9.17, 15) is 27.2 Å². The molecule has 4 nitrogen and oxygen atoms in total. The van der Waals surface area contributed by atoms with Gasteiger partial charge in [0.2, 0.25) is 5.78 Å². The van der Waals surface area contributed by atoms with E-state index in [4.69, 9.17) is 4.74 Å². The van der Waals surface area contributed by atoms with Crippen LogP contribution in [-0.2, 0) is 9.53 Å². The molecule has 0 aromatic heterocycles. The van der Waals surface area contributed by atoms with Gasteiger partial charge in [0.15, 0.2) is 11.6 Å². The number of rotatable bonds is 6. The van der Waals surface area contributed by atoms with Crippen molar-refractivity contribution in [1.82, 2.24) is 0 Å². The van der Waals surface area contributed by atoms with Crippen LogP contribution in [0.5, 0.6) is 0 Å². The van der Waals surface area contributed by atoms with Gasteiger partial charge < -0.3 is 10.1 Å². The molecule has 0 aliphatic carbocycles. The highest BCUT2D eigenvalue weighted by molar-refractivity contribution is 6.24. The maximum atomic E-state index is 14.1. The smallest absolute Gasteiger partial charge is 0.343 e. The number of hydrogen-bond acceptors (Lipinski definition) is 4. The van der Waals surface area contributed by atoms with Crippen LogP contribution in [0.25, 0.3) is 0 Å². The Balaban J connectivity index is 2.46. The van der Waals surface area contributed by atoms with Gasteiger partial charge in [-0.15, -0.1) is 0 Å². The Bertz CT molecular complexity index is 908. The van der Waals surface area contributed by atoms with Crippen molar-refractivity contribution in [3.63, 3.8) is 0 Å². The lowest BCUT2D eigenvalue weighted by molar-refractivity contribution is -0.138. The molecule has 27 heavy (non-hydrogen) atoms. The molecule has 2 rings (SSSR count). The van der Waals surface area contributed by atoms with Gasteiger partial charge in [0.25, 0.3) is 0 Å². The van der Waals surface area contributed by atoms with E-state index < -0.39 is 51.7 Å². The maximum Gasteiger partial charge on any atom is 0.343 e. The summed E-state index contributed by atoms with van der Waals surface area (Å²) in [6, 6.07) is 5.18. The van der Waals surface area contributed by atoms with Gasteiger partial charge in [-0.3, -0.25) is 4.79 Å². The molecule has 0 heterocycles. The van der Waals surface area contributed by atoms with Gasteiger partial charge in [-0.2, -0.15) is 0 Å². The summed E-state index contributed by atoms with van der Waals surface area (Å²) < 4.78 is 58.8. The summed E-state index contributed by atoms with van der Waals surface area (Å²) in [6.07, 6.45) is 0.938. The fourth-order valence-electron chi connectivity index (χ4n) is 2.26. The van der Waals surface area contributed by atoms with Crippen LogP contribution < -0.4 is 5.32 Å². The molecule has 142 valence electrons. The second-order valence-corrected chi connectivity index (χ2v) is 5.41. The summed E-state index contributed by atoms with van der Waals surface area (Å²) in [5.41, 5.74) is -1.66. The zero-order valence-corrected chi connectivity index (χ0v) is 14.4. The molecule has 2 aromatic rings. The number of nitrogens with one attached hydrogen (secondary N) is 1. The first kappa shape index (κ1) is 20.2. The Kier molecular flexibility index (Phi) is 6.33. The van der Waals surface area contributed by atoms with Crippen molar-refractivity contribution >= 4 is 17.4 Å². The molecule has 2 aromatic carbocycles. The molecule has 0 aliphatic rings. The van der Waals surface area contributed by atoms with E-state index in [-0.39, 0.29) is 12.7 Å². The Morgan fingerprint density at radius 1 is 1.07 bits per heavy atom. The number of anilines is 1. The molecule has 0 saturated carbocycles. The van der Waals surface area contributed by atoms with E-state index in [0.29, 0.717) is 5.69 Å². The third-order valence-corrected chi connectivity index (χ3v) is 3.60. The van der Waals surface area contributed by atoms with Crippen molar-refractivity contribution in [3.05, 3.63) is 76.5 Å². The van der Waals surface area contributed by atoms with Crippen molar-refractivity contribution in [2.24, 2.45) is 0 Å². The Labute approximate surface area is 152 Å². The number of benzene rings is 2. The number of esters is 1. The SMILES string of the molecule is CCOC(=O)/C(=C\Nc1ccc(F)cc1)C(=O)c1c(F)cc(F)c(F)c1C. The van der Waals surface area contributed by atoms with E-state index in [1.807, 2.05) is 0 Å². The van der Waals surface area contributed by atoms with Crippen LogP contribution in [-0.4, -0.2) is 18.4 Å². The summed E-state index contributed by atoms with van der Waals surface area (Å²) in [6.45, 7) is 2.45. The number of halogens is 4. The zero-order valence-electron chi connectivity index (χ0n) is 14.4. The molecule has 0 amide bonds. The van der Waals surface area contributed by atoms with Gasteiger partial charge in [0.1, 0.15) is 17.2 Å². The third-order valence-electron chi connectivity index (χ3n) is 3.60. The van der Waals surface area contributed by atoms with E-state index >= 15 is 0 Å². The van der Waals surface area contributed by atoms with Crippen molar-refractivity contribution in [1.29, 1.82) is 0 Å². The van der Waals surface area contributed by atoms with Crippen LogP contribution in [0.4, 0.5) is 23.2 Å². The lowest BCUT2D eigenvalue weighted by atomic mass is 9.98. The van der Waals surface area contributed by atoms with E-state index in [1.165, 1.54) is 19.1 Å². The number of hydrogen-bond donors (Lipinski definition) is 1. The number of carbonyl (C=O) groups is 2. The van der Waals surface area contributed by atoms with Gasteiger partial charge in [0.05, 0.1) is 12.2 Å². The summed E-state index contributed by atoms with van der Waals surface area (Å²) in [5.74, 6) is -6.92. The quantitative estimate of drug-likeness (QED) is 0.154. The zero-order chi connectivity index (χ0) is 20.1. The molecular formula is C19H15F4NO3. The van der Waals surface area contributed by atoms with Crippen LogP contribution in [0, 0.1) is 30.2 Å². The van der Waals surface area contributed by atoms with Crippen molar-refractivity contribution in [3.8, 4) is 0 Å². The molecule has 0 spiro atoms. The lowest BCUT2D eigenvalue weighted by Gasteiger charge is -2.11. The van der Waals surface area contributed by atoms with Crippen molar-refractivity contribution in [2.75, 3.05) is 11.9 Å². The average Bonchev–Trinajstić information content (AvgIpc) is 2.62. The van der Waals surface area contributed by atoms with E-state index in [2.05, 4.69) is 5.32 Å². The van der Waals surface area contributed by atoms with Crippen LogP contribution in [0.15, 0.2) is 42.1 Å². The minimum Gasteiger partial charge on any atom is -0.462 e. The van der Waals surface area contributed by atoms with Crippen LogP contribution in [0.3, 0.4) is 0 Å². The largest absolute Gasteiger partial charge is 0.462 e. The van der Waals surface area contributed by atoms with Crippen LogP contribution in [0.1, 0.15) is 22.8 Å². The molecular weight excluding hydrogens is 366 g/mol. The summed E-state index contributed by atoms with van der Waals surface area (Å²) >= 11 is 0. The second-order valence-electron chi connectivity index (χ2n) is 5.41. The Morgan fingerprint density at radius 2 is 1.70 bits per heavy atom. The number of ketones is 1. The first-order valence-electron chi connectivity index (χ1n) is 7.84. The highest BCUT2D eigenvalue weighted by atomic mass is 19.2.